The number of hydrogen-bond acceptors (Lipinski definition) is 12. The molecule has 0 aromatic heterocycles. The zero-order chi connectivity index (χ0) is 36.5. The Morgan fingerprint density at radius 2 is 0.700 bits per heavy atom. The number of rotatable bonds is 26. The molecule has 280 valence electrons. The van der Waals surface area contributed by atoms with E-state index in [0.29, 0.717) is 12.8 Å². The van der Waals surface area contributed by atoms with Crippen molar-refractivity contribution in [2.24, 2.45) is 0 Å². The summed E-state index contributed by atoms with van der Waals surface area (Å²) in [5, 5.41) is 0. The average molecular weight is 918 g/mol. The van der Waals surface area contributed by atoms with E-state index < -0.39 is 75.1 Å². The molecule has 0 aromatic rings. The van der Waals surface area contributed by atoms with Crippen LogP contribution in [0.5, 0.6) is 0 Å². The monoisotopic (exact) mass is 920 g/mol. The molecule has 0 unspecified atom stereocenters. The van der Waals surface area contributed by atoms with E-state index in [4.69, 9.17) is 18.4 Å². The van der Waals surface area contributed by atoms with E-state index in [1.165, 1.54) is 64.2 Å². The average Bonchev–Trinajstić information content (AvgIpc) is 3.30. The molecule has 0 N–H and O–H groups in total. The normalized spacial score (nSPS) is 16.6. The Balaban J connectivity index is 1.95. The fourth-order valence-corrected chi connectivity index (χ4v) is 18.4. The SMILES string of the molecule is CCCCCCCCCCC[CH2][Sn]1([O]C(=O)/C=C/C(=O)[O][Sn]2([CH2]CCCCCCCCCCC)[O]C(=O)C=CC(=O)[O]2)[O]C(=O)C=CC(=O)[O]1. The Morgan fingerprint density at radius 3 is 0.960 bits per heavy atom. The maximum atomic E-state index is 12.9. The van der Waals surface area contributed by atoms with Crippen LogP contribution in [0.1, 0.15) is 142 Å². The van der Waals surface area contributed by atoms with Gasteiger partial charge in [0.15, 0.2) is 0 Å². The molecule has 2 aliphatic rings. The second kappa shape index (κ2) is 25.6. The van der Waals surface area contributed by atoms with Gasteiger partial charge in [0.2, 0.25) is 0 Å². The van der Waals surface area contributed by atoms with Crippen molar-refractivity contribution in [1.29, 1.82) is 0 Å². The van der Waals surface area contributed by atoms with E-state index in [2.05, 4.69) is 13.8 Å². The van der Waals surface area contributed by atoms with Gasteiger partial charge in [-0.15, -0.1) is 0 Å². The summed E-state index contributed by atoms with van der Waals surface area (Å²) in [6.45, 7) is 4.37. The van der Waals surface area contributed by atoms with Gasteiger partial charge in [0, 0.05) is 0 Å². The summed E-state index contributed by atoms with van der Waals surface area (Å²) in [7, 11) is 0. The van der Waals surface area contributed by atoms with Crippen LogP contribution >= 0.6 is 0 Å². The molecule has 0 radical (unpaired) electrons. The molecular weight excluding hydrogens is 862 g/mol. The van der Waals surface area contributed by atoms with Crippen molar-refractivity contribution in [1.82, 2.24) is 0 Å². The first kappa shape index (κ1) is 43.8. The second-order valence-corrected chi connectivity index (χ2v) is 26.9. The van der Waals surface area contributed by atoms with Crippen LogP contribution in [-0.2, 0) is 47.2 Å². The van der Waals surface area contributed by atoms with Crippen molar-refractivity contribution in [2.45, 2.75) is 151 Å². The van der Waals surface area contributed by atoms with E-state index in [1.807, 2.05) is 0 Å². The number of carbonyl (C=O) groups is 6. The molecule has 0 saturated carbocycles. The Morgan fingerprint density at radius 1 is 0.460 bits per heavy atom. The second-order valence-electron chi connectivity index (χ2n) is 12.8. The first-order chi connectivity index (χ1) is 24.1. The summed E-state index contributed by atoms with van der Waals surface area (Å²) < 4.78 is 33.0. The van der Waals surface area contributed by atoms with Gasteiger partial charge in [0.05, 0.1) is 0 Å². The quantitative estimate of drug-likeness (QED) is 0.0475. The third-order valence-corrected chi connectivity index (χ3v) is 22.6. The van der Waals surface area contributed by atoms with Crippen LogP contribution in [0.15, 0.2) is 36.5 Å². The van der Waals surface area contributed by atoms with Crippen LogP contribution in [0.3, 0.4) is 0 Å². The van der Waals surface area contributed by atoms with Crippen LogP contribution in [0, 0.1) is 0 Å². The molecule has 12 nitrogen and oxygen atoms in total. The van der Waals surface area contributed by atoms with E-state index >= 15 is 0 Å². The summed E-state index contributed by atoms with van der Waals surface area (Å²) >= 11 is -10.2. The van der Waals surface area contributed by atoms with Gasteiger partial charge >= 0.3 is 310 Å². The molecule has 14 heteroatoms. The van der Waals surface area contributed by atoms with Gasteiger partial charge in [0.25, 0.3) is 0 Å². The van der Waals surface area contributed by atoms with Crippen LogP contribution in [0.25, 0.3) is 0 Å². The van der Waals surface area contributed by atoms with Gasteiger partial charge in [-0.2, -0.15) is 0 Å². The van der Waals surface area contributed by atoms with E-state index in [1.54, 1.807) is 0 Å². The zero-order valence-electron chi connectivity index (χ0n) is 29.9. The van der Waals surface area contributed by atoms with Crippen LogP contribution in [-0.4, -0.2) is 75.1 Å². The topological polar surface area (TPSA) is 158 Å². The molecule has 2 aliphatic heterocycles. The molecule has 2 rings (SSSR count). The predicted octanol–water partition coefficient (Wildman–Crippen LogP) is 7.66. The van der Waals surface area contributed by atoms with Crippen molar-refractivity contribution in [3.63, 3.8) is 0 Å². The Kier molecular flexibility index (Phi) is 22.4. The van der Waals surface area contributed by atoms with Gasteiger partial charge in [0.1, 0.15) is 0 Å². The van der Waals surface area contributed by atoms with E-state index in [9.17, 15) is 28.8 Å². The number of unbranched alkanes of at least 4 members (excludes halogenated alkanes) is 18. The summed E-state index contributed by atoms with van der Waals surface area (Å²) in [5.74, 6) is -5.51. The minimum absolute atomic E-state index is 0.103. The third-order valence-electron chi connectivity index (χ3n) is 8.28. The van der Waals surface area contributed by atoms with E-state index in [0.717, 1.165) is 87.8 Å². The Labute approximate surface area is 308 Å². The summed E-state index contributed by atoms with van der Waals surface area (Å²) in [6.07, 6.45) is 26.2. The molecule has 0 aliphatic carbocycles. The molecule has 0 spiro atoms. The molecule has 0 saturated heterocycles. The number of carbonyl (C=O) groups excluding carboxylic acids is 6. The van der Waals surface area contributed by atoms with Crippen LogP contribution in [0.2, 0.25) is 8.87 Å². The number of hydrogen-bond donors (Lipinski definition) is 0. The van der Waals surface area contributed by atoms with Gasteiger partial charge in [-0.1, -0.05) is 0 Å². The first-order valence-electron chi connectivity index (χ1n) is 18.5. The molecule has 50 heavy (non-hydrogen) atoms. The van der Waals surface area contributed by atoms with E-state index in [-0.39, 0.29) is 8.87 Å². The summed E-state index contributed by atoms with van der Waals surface area (Å²) in [6, 6.07) is 0. The van der Waals surface area contributed by atoms with Gasteiger partial charge in [-0.25, -0.2) is 0 Å². The summed E-state index contributed by atoms with van der Waals surface area (Å²) in [4.78, 5) is 74.9. The van der Waals surface area contributed by atoms with Gasteiger partial charge < -0.3 is 0 Å². The minimum atomic E-state index is -5.09. The van der Waals surface area contributed by atoms with Crippen molar-refractivity contribution in [3.05, 3.63) is 36.5 Å². The zero-order valence-corrected chi connectivity index (χ0v) is 35.6. The Bertz CT molecular complexity index is 1070. The standard InChI is InChI=1S/2C12H25.3C4H4O4.2Sn/c2*1-3-5-7-9-11-12-10-8-6-4-2;3*5-3(6)1-2-4(7)8;;/h2*1,3-12H2,2H3;3*1-2H,(H,5,6)(H,7,8);;/q;;;;;2*+3/p-6/b;;2-1+;;;;. The summed E-state index contributed by atoms with van der Waals surface area (Å²) in [5.41, 5.74) is 0. The predicted molar refractivity (Wildman–Crippen MR) is 189 cm³/mol. The van der Waals surface area contributed by atoms with Crippen molar-refractivity contribution < 1.29 is 47.2 Å². The maximum absolute atomic E-state index is 12.9. The molecule has 0 fully saturated rings. The van der Waals surface area contributed by atoms with Gasteiger partial charge in [-0.05, 0) is 0 Å². The van der Waals surface area contributed by atoms with Crippen LogP contribution in [0.4, 0.5) is 0 Å². The van der Waals surface area contributed by atoms with Crippen molar-refractivity contribution in [2.75, 3.05) is 0 Å². The third kappa shape index (κ3) is 19.3. The molecule has 0 atom stereocenters. The molecule has 0 amide bonds. The molecule has 0 bridgehead atoms. The van der Waals surface area contributed by atoms with Crippen molar-refractivity contribution >= 4 is 75.1 Å². The van der Waals surface area contributed by atoms with Crippen molar-refractivity contribution in [3.8, 4) is 0 Å². The fraction of sp³-hybridized carbons (Fsp3) is 0.667. The fourth-order valence-electron chi connectivity index (χ4n) is 5.62. The first-order valence-corrected chi connectivity index (χ1v) is 29.6. The molecule has 2 heterocycles. The Hall–Kier alpha value is -2.36. The molecular formula is C36H56O12Sn2. The van der Waals surface area contributed by atoms with Gasteiger partial charge in [-0.3, -0.25) is 0 Å². The van der Waals surface area contributed by atoms with Crippen LogP contribution < -0.4 is 0 Å². The molecule has 0 aromatic carbocycles.